The second kappa shape index (κ2) is 9.84. The largest absolute Gasteiger partial charge is 0.481 e. The van der Waals surface area contributed by atoms with Crippen molar-refractivity contribution in [3.05, 3.63) is 21.8 Å². The number of carbonyl (C=O) groups is 4. The lowest BCUT2D eigenvalue weighted by Crippen LogP contribution is -2.30. The van der Waals surface area contributed by atoms with Gasteiger partial charge in [-0.2, -0.15) is 0 Å². The SMILES string of the molecule is CNC(=O)c1c(I)c(NC(C)=O)c(I)c(C(=O)NCCC(=O)O)c1I. The van der Waals surface area contributed by atoms with Gasteiger partial charge in [0.1, 0.15) is 0 Å². The van der Waals surface area contributed by atoms with Crippen LogP contribution in [0.2, 0.25) is 0 Å². The average molecular weight is 685 g/mol. The number of anilines is 1. The minimum Gasteiger partial charge on any atom is -0.481 e. The molecule has 0 saturated heterocycles. The van der Waals surface area contributed by atoms with Gasteiger partial charge in [-0.15, -0.1) is 0 Å². The maximum atomic E-state index is 12.5. The molecule has 0 saturated carbocycles. The summed E-state index contributed by atoms with van der Waals surface area (Å²) in [6.07, 6.45) is -0.218. The number of carboxylic acid groups (broad SMARTS) is 1. The first kappa shape index (κ1) is 22.3. The quantitative estimate of drug-likeness (QED) is 0.342. The Kier molecular flexibility index (Phi) is 8.79. The molecule has 25 heavy (non-hydrogen) atoms. The van der Waals surface area contributed by atoms with Gasteiger partial charge in [-0.25, -0.2) is 0 Å². The van der Waals surface area contributed by atoms with E-state index in [-0.39, 0.29) is 30.0 Å². The van der Waals surface area contributed by atoms with E-state index in [1.807, 2.05) is 67.8 Å². The van der Waals surface area contributed by atoms with Crippen molar-refractivity contribution in [3.8, 4) is 0 Å². The number of nitrogens with one attached hydrogen (secondary N) is 3. The Hall–Kier alpha value is -0.710. The summed E-state index contributed by atoms with van der Waals surface area (Å²) in [7, 11) is 1.47. The predicted molar refractivity (Wildman–Crippen MR) is 117 cm³/mol. The molecule has 0 aliphatic carbocycles. The van der Waals surface area contributed by atoms with Crippen molar-refractivity contribution in [2.24, 2.45) is 0 Å². The van der Waals surface area contributed by atoms with Gasteiger partial charge in [0, 0.05) is 24.1 Å². The van der Waals surface area contributed by atoms with Crippen molar-refractivity contribution in [2.45, 2.75) is 13.3 Å². The first-order valence-electron chi connectivity index (χ1n) is 6.81. The number of rotatable bonds is 6. The minimum absolute atomic E-state index is 0.0446. The van der Waals surface area contributed by atoms with E-state index in [0.29, 0.717) is 16.4 Å². The van der Waals surface area contributed by atoms with E-state index in [9.17, 15) is 19.2 Å². The summed E-state index contributed by atoms with van der Waals surface area (Å²) in [5, 5.41) is 16.4. The third-order valence-corrected chi connectivity index (χ3v) is 6.16. The van der Waals surface area contributed by atoms with Crippen molar-refractivity contribution in [3.63, 3.8) is 0 Å². The summed E-state index contributed by atoms with van der Waals surface area (Å²) in [5.41, 5.74) is 0.863. The molecule has 0 aliphatic heterocycles. The highest BCUT2D eigenvalue weighted by molar-refractivity contribution is 14.1. The van der Waals surface area contributed by atoms with Crippen LogP contribution in [-0.4, -0.2) is 42.4 Å². The van der Waals surface area contributed by atoms with Crippen LogP contribution < -0.4 is 16.0 Å². The lowest BCUT2D eigenvalue weighted by atomic mass is 10.1. The zero-order valence-electron chi connectivity index (χ0n) is 13.1. The van der Waals surface area contributed by atoms with Crippen LogP contribution in [0.25, 0.3) is 0 Å². The molecule has 0 bridgehead atoms. The van der Waals surface area contributed by atoms with Crippen LogP contribution in [0.1, 0.15) is 34.1 Å². The van der Waals surface area contributed by atoms with E-state index < -0.39 is 17.8 Å². The Labute approximate surface area is 184 Å². The first-order chi connectivity index (χ1) is 11.6. The van der Waals surface area contributed by atoms with Crippen molar-refractivity contribution < 1.29 is 24.3 Å². The standard InChI is InChI=1S/C14H14I3N3O5/c1-5(21)20-12-10(16)7(13(24)18-2)9(15)8(11(12)17)14(25)19-4-3-6(22)23/h3-4H2,1-2H3,(H,18,24)(H,19,25)(H,20,21)(H,22,23). The number of amides is 3. The van der Waals surface area contributed by atoms with Gasteiger partial charge >= 0.3 is 5.97 Å². The Morgan fingerprint density at radius 1 is 0.960 bits per heavy atom. The molecule has 1 aromatic carbocycles. The lowest BCUT2D eigenvalue weighted by Gasteiger charge is -2.18. The molecule has 0 atom stereocenters. The lowest BCUT2D eigenvalue weighted by molar-refractivity contribution is -0.136. The number of hydrogen-bond acceptors (Lipinski definition) is 4. The number of carbonyl (C=O) groups excluding carboxylic acids is 3. The molecule has 136 valence electrons. The number of carboxylic acids is 1. The topological polar surface area (TPSA) is 125 Å². The maximum Gasteiger partial charge on any atom is 0.305 e. The van der Waals surface area contributed by atoms with Gasteiger partial charge in [-0.3, -0.25) is 19.2 Å². The van der Waals surface area contributed by atoms with Crippen molar-refractivity contribution in [2.75, 3.05) is 18.9 Å². The second-order valence-electron chi connectivity index (χ2n) is 4.73. The van der Waals surface area contributed by atoms with Crippen LogP contribution in [0.15, 0.2) is 0 Å². The average Bonchev–Trinajstić information content (AvgIpc) is 2.50. The van der Waals surface area contributed by atoms with Gasteiger partial charge in [-0.1, -0.05) is 0 Å². The summed E-state index contributed by atoms with van der Waals surface area (Å²) >= 11 is 5.77. The molecule has 0 spiro atoms. The van der Waals surface area contributed by atoms with Crippen LogP contribution in [0.4, 0.5) is 5.69 Å². The van der Waals surface area contributed by atoms with Gasteiger partial charge in [-0.05, 0) is 67.8 Å². The Morgan fingerprint density at radius 3 is 1.92 bits per heavy atom. The summed E-state index contributed by atoms with van der Waals surface area (Å²) < 4.78 is 1.41. The summed E-state index contributed by atoms with van der Waals surface area (Å²) in [4.78, 5) is 46.9. The molecule has 0 unspecified atom stereocenters. The van der Waals surface area contributed by atoms with Crippen molar-refractivity contribution in [1.82, 2.24) is 10.6 Å². The first-order valence-corrected chi connectivity index (χ1v) is 10.1. The zero-order chi connectivity index (χ0) is 19.3. The van der Waals surface area contributed by atoms with E-state index in [4.69, 9.17) is 5.11 Å². The van der Waals surface area contributed by atoms with Crippen molar-refractivity contribution >= 4 is 97.2 Å². The summed E-state index contributed by atoms with van der Waals surface area (Å²) in [6, 6.07) is 0. The van der Waals surface area contributed by atoms with E-state index in [0.717, 1.165) is 0 Å². The predicted octanol–water partition coefficient (Wildman–Crippen LogP) is 2.02. The van der Waals surface area contributed by atoms with E-state index in [2.05, 4.69) is 16.0 Å². The molecular weight excluding hydrogens is 671 g/mol. The Bertz CT molecular complexity index is 752. The number of benzene rings is 1. The van der Waals surface area contributed by atoms with Gasteiger partial charge in [0.15, 0.2) is 0 Å². The number of halogens is 3. The molecule has 1 rings (SSSR count). The van der Waals surface area contributed by atoms with Crippen LogP contribution in [0.3, 0.4) is 0 Å². The molecule has 11 heteroatoms. The maximum absolute atomic E-state index is 12.5. The van der Waals surface area contributed by atoms with Crippen LogP contribution in [-0.2, 0) is 9.59 Å². The second-order valence-corrected chi connectivity index (χ2v) is 7.96. The van der Waals surface area contributed by atoms with Gasteiger partial charge < -0.3 is 21.1 Å². The number of aliphatic carboxylic acids is 1. The molecule has 4 N–H and O–H groups in total. The number of hydrogen-bond donors (Lipinski definition) is 4. The molecule has 0 heterocycles. The zero-order valence-corrected chi connectivity index (χ0v) is 19.6. The molecule has 8 nitrogen and oxygen atoms in total. The third kappa shape index (κ3) is 5.63. The molecule has 1 aromatic rings. The van der Waals surface area contributed by atoms with E-state index >= 15 is 0 Å². The van der Waals surface area contributed by atoms with Crippen LogP contribution in [0, 0.1) is 10.7 Å². The fraction of sp³-hybridized carbons (Fsp3) is 0.286. The molecule has 0 radical (unpaired) electrons. The highest BCUT2D eigenvalue weighted by Crippen LogP contribution is 2.35. The normalized spacial score (nSPS) is 10.1. The monoisotopic (exact) mass is 685 g/mol. The fourth-order valence-electron chi connectivity index (χ4n) is 1.84. The molecule has 0 fully saturated rings. The Morgan fingerprint density at radius 2 is 1.48 bits per heavy atom. The van der Waals surface area contributed by atoms with Crippen molar-refractivity contribution in [1.29, 1.82) is 0 Å². The van der Waals surface area contributed by atoms with Gasteiger partial charge in [0.05, 0.1) is 30.4 Å². The van der Waals surface area contributed by atoms with Gasteiger partial charge in [0.25, 0.3) is 11.8 Å². The molecule has 3 amide bonds. The third-order valence-electron chi connectivity index (χ3n) is 2.92. The minimum atomic E-state index is -1.03. The smallest absolute Gasteiger partial charge is 0.305 e. The Balaban J connectivity index is 3.49. The molecular formula is C14H14I3N3O5. The van der Waals surface area contributed by atoms with Gasteiger partial charge in [0.2, 0.25) is 5.91 Å². The summed E-state index contributed by atoms with van der Waals surface area (Å²) in [5.74, 6) is -2.27. The van der Waals surface area contributed by atoms with E-state index in [1.54, 1.807) is 0 Å². The highest BCUT2D eigenvalue weighted by atomic mass is 127. The summed E-state index contributed by atoms with van der Waals surface area (Å²) in [6.45, 7) is 1.29. The molecule has 0 aliphatic rings. The fourth-order valence-corrected chi connectivity index (χ4v) is 6.26. The molecule has 0 aromatic heterocycles. The van der Waals surface area contributed by atoms with E-state index in [1.165, 1.54) is 14.0 Å². The highest BCUT2D eigenvalue weighted by Gasteiger charge is 2.27. The van der Waals surface area contributed by atoms with Crippen LogP contribution >= 0.6 is 67.8 Å². The van der Waals surface area contributed by atoms with Crippen LogP contribution in [0.5, 0.6) is 0 Å².